The lowest BCUT2D eigenvalue weighted by molar-refractivity contribution is -0.143. The summed E-state index contributed by atoms with van der Waals surface area (Å²) in [5.74, 6) is -0.0172. The van der Waals surface area contributed by atoms with Gasteiger partial charge < -0.3 is 4.74 Å². The number of ketones is 1. The number of hydrogen-bond acceptors (Lipinski definition) is 3. The number of hydrogen-bond donors (Lipinski definition) is 0. The molecule has 3 heteroatoms. The summed E-state index contributed by atoms with van der Waals surface area (Å²) in [6.07, 6.45) is 5.24. The zero-order valence-corrected chi connectivity index (χ0v) is 7.84. The van der Waals surface area contributed by atoms with E-state index in [2.05, 4.69) is 6.92 Å². The Bertz CT molecular complexity index is 241. The van der Waals surface area contributed by atoms with E-state index in [1.165, 1.54) is 6.08 Å². The molecule has 1 heterocycles. The van der Waals surface area contributed by atoms with Crippen LogP contribution in [0.2, 0.25) is 0 Å². The number of carbonyl (C=O) groups is 2. The first-order valence-corrected chi connectivity index (χ1v) is 4.66. The first kappa shape index (κ1) is 9.96. The van der Waals surface area contributed by atoms with Crippen LogP contribution in [0.25, 0.3) is 0 Å². The smallest absolute Gasteiger partial charge is 0.318 e. The van der Waals surface area contributed by atoms with E-state index in [0.29, 0.717) is 12.2 Å². The second-order valence-electron chi connectivity index (χ2n) is 3.18. The van der Waals surface area contributed by atoms with Crippen LogP contribution < -0.4 is 0 Å². The lowest BCUT2D eigenvalue weighted by Gasteiger charge is -2.11. The standard InChI is InChI=1S/C10H14O3/c1-2-3-4-5-9-6-8(11)7-10(12)13-9/h6H,2-5,7H2,1H3. The van der Waals surface area contributed by atoms with E-state index in [4.69, 9.17) is 4.74 Å². The van der Waals surface area contributed by atoms with Gasteiger partial charge in [-0.3, -0.25) is 9.59 Å². The minimum absolute atomic E-state index is 0.0999. The molecule has 0 aromatic heterocycles. The largest absolute Gasteiger partial charge is 0.431 e. The van der Waals surface area contributed by atoms with E-state index in [-0.39, 0.29) is 12.2 Å². The maximum Gasteiger partial charge on any atom is 0.318 e. The molecule has 1 aliphatic rings. The highest BCUT2D eigenvalue weighted by molar-refractivity contribution is 6.04. The molecule has 0 N–H and O–H groups in total. The third-order valence-electron chi connectivity index (χ3n) is 1.91. The third kappa shape index (κ3) is 3.40. The zero-order valence-electron chi connectivity index (χ0n) is 7.84. The number of cyclic esters (lactones) is 1. The number of unbranched alkanes of at least 4 members (excludes halogenated alkanes) is 2. The Labute approximate surface area is 77.8 Å². The van der Waals surface area contributed by atoms with Crippen molar-refractivity contribution in [3.05, 3.63) is 11.8 Å². The fraction of sp³-hybridized carbons (Fsp3) is 0.600. The van der Waals surface area contributed by atoms with Crippen LogP contribution in [0.3, 0.4) is 0 Å². The lowest BCUT2D eigenvalue weighted by Crippen LogP contribution is -2.16. The maximum atomic E-state index is 10.9. The average Bonchev–Trinajstić information content (AvgIpc) is 2.03. The summed E-state index contributed by atoms with van der Waals surface area (Å²) in [6, 6.07) is 0. The molecule has 0 unspecified atom stereocenters. The van der Waals surface area contributed by atoms with E-state index in [0.717, 1.165) is 19.3 Å². The molecule has 0 amide bonds. The predicted molar refractivity (Wildman–Crippen MR) is 47.9 cm³/mol. The Balaban J connectivity index is 2.40. The van der Waals surface area contributed by atoms with Crippen LogP contribution in [-0.2, 0) is 14.3 Å². The Morgan fingerprint density at radius 1 is 1.38 bits per heavy atom. The third-order valence-corrected chi connectivity index (χ3v) is 1.91. The van der Waals surface area contributed by atoms with Crippen molar-refractivity contribution in [2.24, 2.45) is 0 Å². The summed E-state index contributed by atoms with van der Waals surface area (Å²) in [5, 5.41) is 0. The number of rotatable bonds is 4. The fourth-order valence-electron chi connectivity index (χ4n) is 1.26. The van der Waals surface area contributed by atoms with Crippen LogP contribution in [0.5, 0.6) is 0 Å². The highest BCUT2D eigenvalue weighted by Gasteiger charge is 2.18. The summed E-state index contributed by atoms with van der Waals surface area (Å²) in [5.41, 5.74) is 0. The second kappa shape index (κ2) is 4.80. The van der Waals surface area contributed by atoms with Gasteiger partial charge in [-0.25, -0.2) is 0 Å². The molecule has 0 fully saturated rings. The number of carbonyl (C=O) groups excluding carboxylic acids is 2. The molecular formula is C10H14O3. The van der Waals surface area contributed by atoms with E-state index in [1.807, 2.05) is 0 Å². The molecule has 0 radical (unpaired) electrons. The van der Waals surface area contributed by atoms with Crippen LogP contribution in [0.1, 0.15) is 39.0 Å². The van der Waals surface area contributed by atoms with Gasteiger partial charge in [-0.05, 0) is 6.42 Å². The van der Waals surface area contributed by atoms with Gasteiger partial charge in [0, 0.05) is 12.5 Å². The van der Waals surface area contributed by atoms with Crippen LogP contribution in [0, 0.1) is 0 Å². The Hall–Kier alpha value is -1.12. The van der Waals surface area contributed by atoms with Crippen molar-refractivity contribution in [3.8, 4) is 0 Å². The monoisotopic (exact) mass is 182 g/mol. The second-order valence-corrected chi connectivity index (χ2v) is 3.18. The van der Waals surface area contributed by atoms with Crippen LogP contribution in [-0.4, -0.2) is 11.8 Å². The molecule has 0 spiro atoms. The molecular weight excluding hydrogens is 168 g/mol. The number of ether oxygens (including phenoxy) is 1. The van der Waals surface area contributed by atoms with E-state index in [1.54, 1.807) is 0 Å². The summed E-state index contributed by atoms with van der Waals surface area (Å²) in [6.45, 7) is 2.10. The lowest BCUT2D eigenvalue weighted by atomic mass is 10.1. The van der Waals surface area contributed by atoms with Crippen LogP contribution >= 0.6 is 0 Å². The van der Waals surface area contributed by atoms with E-state index >= 15 is 0 Å². The van der Waals surface area contributed by atoms with Crippen molar-refractivity contribution in [1.29, 1.82) is 0 Å². The van der Waals surface area contributed by atoms with Crippen molar-refractivity contribution in [2.75, 3.05) is 0 Å². The summed E-state index contributed by atoms with van der Waals surface area (Å²) < 4.78 is 4.90. The van der Waals surface area contributed by atoms with Gasteiger partial charge in [0.05, 0.1) is 0 Å². The maximum absolute atomic E-state index is 10.9. The minimum atomic E-state index is -0.418. The number of allylic oxidation sites excluding steroid dienone is 2. The molecule has 0 bridgehead atoms. The fourth-order valence-corrected chi connectivity index (χ4v) is 1.26. The van der Waals surface area contributed by atoms with Gasteiger partial charge in [0.1, 0.15) is 12.2 Å². The number of esters is 1. The molecule has 0 saturated carbocycles. The van der Waals surface area contributed by atoms with Gasteiger partial charge >= 0.3 is 5.97 Å². The van der Waals surface area contributed by atoms with Crippen LogP contribution in [0.15, 0.2) is 11.8 Å². The van der Waals surface area contributed by atoms with Crippen molar-refractivity contribution in [2.45, 2.75) is 39.0 Å². The van der Waals surface area contributed by atoms with Gasteiger partial charge in [0.15, 0.2) is 5.78 Å². The SMILES string of the molecule is CCCCCC1=CC(=O)CC(=O)O1. The molecule has 0 aliphatic carbocycles. The Morgan fingerprint density at radius 3 is 2.77 bits per heavy atom. The van der Waals surface area contributed by atoms with Crippen molar-refractivity contribution in [1.82, 2.24) is 0 Å². The van der Waals surface area contributed by atoms with E-state index in [9.17, 15) is 9.59 Å². The van der Waals surface area contributed by atoms with Crippen LogP contribution in [0.4, 0.5) is 0 Å². The van der Waals surface area contributed by atoms with Gasteiger partial charge in [-0.1, -0.05) is 19.8 Å². The zero-order chi connectivity index (χ0) is 9.68. The predicted octanol–water partition coefficient (Wildman–Crippen LogP) is 1.97. The molecule has 3 nitrogen and oxygen atoms in total. The quantitative estimate of drug-likeness (QED) is 0.379. The average molecular weight is 182 g/mol. The highest BCUT2D eigenvalue weighted by Crippen LogP contribution is 2.15. The topological polar surface area (TPSA) is 43.4 Å². The normalized spacial score (nSPS) is 16.8. The Morgan fingerprint density at radius 2 is 2.15 bits per heavy atom. The molecule has 1 aliphatic heterocycles. The van der Waals surface area contributed by atoms with Crippen molar-refractivity contribution >= 4 is 11.8 Å². The van der Waals surface area contributed by atoms with Gasteiger partial charge in [0.2, 0.25) is 0 Å². The van der Waals surface area contributed by atoms with Crippen molar-refractivity contribution in [3.63, 3.8) is 0 Å². The summed E-state index contributed by atoms with van der Waals surface area (Å²) in [4.78, 5) is 21.8. The molecule has 72 valence electrons. The molecule has 0 saturated heterocycles. The molecule has 0 aromatic rings. The summed E-state index contributed by atoms with van der Waals surface area (Å²) >= 11 is 0. The first-order chi connectivity index (χ1) is 6.22. The van der Waals surface area contributed by atoms with Gasteiger partial charge in [0.25, 0.3) is 0 Å². The minimum Gasteiger partial charge on any atom is -0.431 e. The molecule has 13 heavy (non-hydrogen) atoms. The van der Waals surface area contributed by atoms with Gasteiger partial charge in [-0.2, -0.15) is 0 Å². The first-order valence-electron chi connectivity index (χ1n) is 4.66. The Kier molecular flexibility index (Phi) is 3.68. The van der Waals surface area contributed by atoms with E-state index < -0.39 is 5.97 Å². The molecule has 0 aromatic carbocycles. The molecule has 0 atom stereocenters. The van der Waals surface area contributed by atoms with Crippen molar-refractivity contribution < 1.29 is 14.3 Å². The molecule has 1 rings (SSSR count). The highest BCUT2D eigenvalue weighted by atomic mass is 16.5. The van der Waals surface area contributed by atoms with Gasteiger partial charge in [-0.15, -0.1) is 0 Å². The summed E-state index contributed by atoms with van der Waals surface area (Å²) in [7, 11) is 0.